The van der Waals surface area contributed by atoms with Crippen molar-refractivity contribution in [1.29, 1.82) is 0 Å². The molecule has 0 bridgehead atoms. The van der Waals surface area contributed by atoms with Crippen LogP contribution in [0.15, 0.2) is 42.6 Å². The lowest BCUT2D eigenvalue weighted by molar-refractivity contribution is 0.0952. The van der Waals surface area contributed by atoms with Gasteiger partial charge in [-0.1, -0.05) is 0 Å². The van der Waals surface area contributed by atoms with Gasteiger partial charge in [0.2, 0.25) is 0 Å². The highest BCUT2D eigenvalue weighted by Gasteiger charge is 2.07. The zero-order valence-corrected chi connectivity index (χ0v) is 14.9. The Balaban J connectivity index is 1.51. The van der Waals surface area contributed by atoms with Crippen molar-refractivity contribution in [3.05, 3.63) is 65.2 Å². The number of rotatable bonds is 6. The summed E-state index contributed by atoms with van der Waals surface area (Å²) in [5.74, 6) is -0.0582. The Bertz CT molecular complexity index is 860. The van der Waals surface area contributed by atoms with Crippen molar-refractivity contribution < 1.29 is 4.79 Å². The normalized spacial score (nSPS) is 10.8. The van der Waals surface area contributed by atoms with Crippen molar-refractivity contribution in [3.8, 4) is 5.69 Å². The molecular formula is C19H23N5O. The van der Waals surface area contributed by atoms with E-state index in [2.05, 4.69) is 21.6 Å². The molecule has 1 aromatic carbocycles. The first-order chi connectivity index (χ1) is 12.0. The standard InChI is InChI=1S/C19H23N5O/c1-14-13-16(3)23(22-14)12-4-10-20-19(25)17-5-7-18(8-6-17)24-15(2)9-11-21-24/h5-9,11,13H,4,10,12H2,1-3H3,(H,20,25). The maximum atomic E-state index is 12.2. The smallest absolute Gasteiger partial charge is 0.251 e. The highest BCUT2D eigenvalue weighted by Crippen LogP contribution is 2.11. The van der Waals surface area contributed by atoms with E-state index in [1.165, 1.54) is 0 Å². The summed E-state index contributed by atoms with van der Waals surface area (Å²) >= 11 is 0. The highest BCUT2D eigenvalue weighted by atomic mass is 16.1. The topological polar surface area (TPSA) is 64.7 Å². The van der Waals surface area contributed by atoms with Crippen LogP contribution in [-0.4, -0.2) is 32.0 Å². The maximum absolute atomic E-state index is 12.2. The van der Waals surface area contributed by atoms with Crippen molar-refractivity contribution >= 4 is 5.91 Å². The van der Waals surface area contributed by atoms with Crippen LogP contribution in [0.4, 0.5) is 0 Å². The summed E-state index contributed by atoms with van der Waals surface area (Å²) < 4.78 is 3.82. The van der Waals surface area contributed by atoms with E-state index in [0.717, 1.165) is 35.7 Å². The molecule has 130 valence electrons. The zero-order chi connectivity index (χ0) is 17.8. The highest BCUT2D eigenvalue weighted by molar-refractivity contribution is 5.94. The van der Waals surface area contributed by atoms with Gasteiger partial charge < -0.3 is 5.32 Å². The second-order valence-electron chi connectivity index (χ2n) is 6.19. The molecule has 0 spiro atoms. The summed E-state index contributed by atoms with van der Waals surface area (Å²) in [4.78, 5) is 12.2. The van der Waals surface area contributed by atoms with Crippen molar-refractivity contribution in [2.24, 2.45) is 0 Å². The summed E-state index contributed by atoms with van der Waals surface area (Å²) in [7, 11) is 0. The average Bonchev–Trinajstić information content (AvgIpc) is 3.16. The Morgan fingerprint density at radius 3 is 2.44 bits per heavy atom. The minimum atomic E-state index is -0.0582. The second kappa shape index (κ2) is 7.34. The lowest BCUT2D eigenvalue weighted by Gasteiger charge is -2.08. The molecule has 0 saturated heterocycles. The fourth-order valence-electron chi connectivity index (χ4n) is 2.83. The number of carbonyl (C=O) groups excluding carboxylic acids is 1. The molecule has 0 aliphatic rings. The number of nitrogens with zero attached hydrogens (tertiary/aromatic N) is 4. The fraction of sp³-hybridized carbons (Fsp3) is 0.316. The number of carbonyl (C=O) groups is 1. The van der Waals surface area contributed by atoms with Gasteiger partial charge in [0.05, 0.1) is 11.4 Å². The third kappa shape index (κ3) is 3.96. The molecule has 0 saturated carbocycles. The van der Waals surface area contributed by atoms with Gasteiger partial charge in [-0.05, 0) is 63.6 Å². The lowest BCUT2D eigenvalue weighted by Crippen LogP contribution is -2.25. The molecule has 0 unspecified atom stereocenters. The Labute approximate surface area is 147 Å². The summed E-state index contributed by atoms with van der Waals surface area (Å²) in [6.45, 7) is 7.45. The Morgan fingerprint density at radius 2 is 1.84 bits per heavy atom. The van der Waals surface area contributed by atoms with E-state index < -0.39 is 0 Å². The van der Waals surface area contributed by atoms with Crippen LogP contribution >= 0.6 is 0 Å². The number of benzene rings is 1. The van der Waals surface area contributed by atoms with Gasteiger partial charge in [0.15, 0.2) is 0 Å². The first-order valence-corrected chi connectivity index (χ1v) is 8.45. The van der Waals surface area contributed by atoms with E-state index in [-0.39, 0.29) is 5.91 Å². The number of nitrogens with one attached hydrogen (secondary N) is 1. The number of amides is 1. The van der Waals surface area contributed by atoms with E-state index in [1.807, 2.05) is 60.5 Å². The molecule has 6 heteroatoms. The molecule has 3 aromatic rings. The predicted molar refractivity (Wildman–Crippen MR) is 97.0 cm³/mol. The average molecular weight is 337 g/mol. The number of aryl methyl sites for hydroxylation is 4. The molecule has 0 fully saturated rings. The zero-order valence-electron chi connectivity index (χ0n) is 14.9. The van der Waals surface area contributed by atoms with E-state index in [9.17, 15) is 4.79 Å². The van der Waals surface area contributed by atoms with Crippen LogP contribution in [0.1, 0.15) is 33.9 Å². The molecule has 1 amide bonds. The molecule has 0 atom stereocenters. The van der Waals surface area contributed by atoms with Crippen molar-refractivity contribution in [2.45, 2.75) is 33.7 Å². The molecule has 25 heavy (non-hydrogen) atoms. The van der Waals surface area contributed by atoms with E-state index in [4.69, 9.17) is 0 Å². The molecule has 3 rings (SSSR count). The van der Waals surface area contributed by atoms with Crippen LogP contribution in [-0.2, 0) is 6.54 Å². The van der Waals surface area contributed by atoms with E-state index >= 15 is 0 Å². The van der Waals surface area contributed by atoms with E-state index in [1.54, 1.807) is 6.20 Å². The van der Waals surface area contributed by atoms with Gasteiger partial charge in [-0.15, -0.1) is 0 Å². The third-order valence-corrected chi connectivity index (χ3v) is 4.14. The van der Waals surface area contributed by atoms with Crippen LogP contribution in [0, 0.1) is 20.8 Å². The van der Waals surface area contributed by atoms with Crippen molar-refractivity contribution in [3.63, 3.8) is 0 Å². The van der Waals surface area contributed by atoms with Crippen LogP contribution in [0.3, 0.4) is 0 Å². The molecule has 1 N–H and O–H groups in total. The number of aromatic nitrogens is 4. The van der Waals surface area contributed by atoms with Gasteiger partial charge in [-0.25, -0.2) is 4.68 Å². The maximum Gasteiger partial charge on any atom is 0.251 e. The van der Waals surface area contributed by atoms with Crippen LogP contribution in [0.2, 0.25) is 0 Å². The van der Waals surface area contributed by atoms with Gasteiger partial charge in [-0.2, -0.15) is 10.2 Å². The summed E-state index contributed by atoms with van der Waals surface area (Å²) in [6, 6.07) is 11.5. The van der Waals surface area contributed by atoms with Crippen LogP contribution < -0.4 is 5.32 Å². The summed E-state index contributed by atoms with van der Waals surface area (Å²) in [5, 5.41) is 11.6. The first kappa shape index (κ1) is 17.0. The van der Waals surface area contributed by atoms with Gasteiger partial charge in [0.25, 0.3) is 5.91 Å². The number of hydrogen-bond donors (Lipinski definition) is 1. The minimum absolute atomic E-state index is 0.0582. The summed E-state index contributed by atoms with van der Waals surface area (Å²) in [5.41, 5.74) is 4.83. The second-order valence-corrected chi connectivity index (χ2v) is 6.19. The Hall–Kier alpha value is -2.89. The lowest BCUT2D eigenvalue weighted by atomic mass is 10.2. The minimum Gasteiger partial charge on any atom is -0.352 e. The monoisotopic (exact) mass is 337 g/mol. The number of hydrogen-bond acceptors (Lipinski definition) is 3. The SMILES string of the molecule is Cc1cc(C)n(CCCNC(=O)c2ccc(-n3nccc3C)cc2)n1. The van der Waals surface area contributed by atoms with Crippen LogP contribution in [0.5, 0.6) is 0 Å². The molecule has 2 aromatic heterocycles. The molecule has 2 heterocycles. The molecular weight excluding hydrogens is 314 g/mol. The predicted octanol–water partition coefficient (Wildman–Crippen LogP) is 2.81. The third-order valence-electron chi connectivity index (χ3n) is 4.14. The molecule has 6 nitrogen and oxygen atoms in total. The largest absolute Gasteiger partial charge is 0.352 e. The Morgan fingerprint density at radius 1 is 1.08 bits per heavy atom. The van der Waals surface area contributed by atoms with E-state index in [0.29, 0.717) is 12.1 Å². The van der Waals surface area contributed by atoms with Gasteiger partial charge in [-0.3, -0.25) is 9.48 Å². The quantitative estimate of drug-likeness (QED) is 0.704. The fourth-order valence-corrected chi connectivity index (χ4v) is 2.83. The van der Waals surface area contributed by atoms with Gasteiger partial charge in [0.1, 0.15) is 0 Å². The molecule has 0 aliphatic carbocycles. The summed E-state index contributed by atoms with van der Waals surface area (Å²) in [6.07, 6.45) is 2.61. The van der Waals surface area contributed by atoms with Crippen molar-refractivity contribution in [1.82, 2.24) is 24.9 Å². The van der Waals surface area contributed by atoms with Gasteiger partial charge in [0, 0.05) is 36.2 Å². The molecule has 0 radical (unpaired) electrons. The Kier molecular flexibility index (Phi) is 4.97. The van der Waals surface area contributed by atoms with Gasteiger partial charge >= 0.3 is 0 Å². The van der Waals surface area contributed by atoms with Crippen LogP contribution in [0.25, 0.3) is 5.69 Å². The first-order valence-electron chi connectivity index (χ1n) is 8.45. The molecule has 0 aliphatic heterocycles. The van der Waals surface area contributed by atoms with Crippen molar-refractivity contribution in [2.75, 3.05) is 6.54 Å².